The lowest BCUT2D eigenvalue weighted by Gasteiger charge is -2.41. The van der Waals surface area contributed by atoms with Gasteiger partial charge in [0.05, 0.1) is 5.60 Å². The summed E-state index contributed by atoms with van der Waals surface area (Å²) >= 11 is 0. The van der Waals surface area contributed by atoms with Gasteiger partial charge in [-0.05, 0) is 45.7 Å². The summed E-state index contributed by atoms with van der Waals surface area (Å²) in [4.78, 5) is 2.20. The minimum Gasteiger partial charge on any atom is -0.375 e. The number of hydrogen-bond donors (Lipinski definition) is 1. The molecule has 0 amide bonds. The molecule has 0 aromatic carbocycles. The molecule has 2 rings (SSSR count). The van der Waals surface area contributed by atoms with Gasteiger partial charge in [-0.2, -0.15) is 0 Å². The molecular weight excluding hydrogens is 200 g/mol. The zero-order valence-corrected chi connectivity index (χ0v) is 10.7. The Hall–Kier alpha value is -0.120. The van der Waals surface area contributed by atoms with Crippen LogP contribution in [0.4, 0.5) is 0 Å². The number of hydrogen-bond acceptors (Lipinski definition) is 3. The average molecular weight is 226 g/mol. The molecule has 0 aromatic heterocycles. The van der Waals surface area contributed by atoms with Crippen LogP contribution in [0.2, 0.25) is 0 Å². The molecule has 3 heteroatoms. The van der Waals surface area contributed by atoms with Crippen molar-refractivity contribution in [2.75, 3.05) is 27.2 Å². The van der Waals surface area contributed by atoms with Crippen LogP contribution in [0.15, 0.2) is 0 Å². The standard InChI is InChI=1S/C13H26N2O/c1-15(2)10-12(14)11-5-8-16-13(9-11)6-3-4-7-13/h11-12H,3-10,14H2,1-2H3. The van der Waals surface area contributed by atoms with Crippen molar-refractivity contribution in [2.45, 2.75) is 50.2 Å². The monoisotopic (exact) mass is 226 g/mol. The lowest BCUT2D eigenvalue weighted by atomic mass is 9.81. The maximum atomic E-state index is 6.30. The lowest BCUT2D eigenvalue weighted by Crippen LogP contribution is -2.47. The Morgan fingerprint density at radius 2 is 2.06 bits per heavy atom. The number of likely N-dealkylation sites (N-methyl/N-ethyl adjacent to an activating group) is 1. The molecule has 94 valence electrons. The van der Waals surface area contributed by atoms with E-state index in [1.807, 2.05) is 0 Å². The maximum Gasteiger partial charge on any atom is 0.0685 e. The van der Waals surface area contributed by atoms with Crippen LogP contribution in [0.5, 0.6) is 0 Å². The summed E-state index contributed by atoms with van der Waals surface area (Å²) in [6, 6.07) is 0.316. The zero-order chi connectivity index (χ0) is 11.6. The third-order valence-electron chi connectivity index (χ3n) is 4.23. The van der Waals surface area contributed by atoms with Crippen LogP contribution in [-0.2, 0) is 4.74 Å². The highest BCUT2D eigenvalue weighted by Gasteiger charge is 2.41. The van der Waals surface area contributed by atoms with Gasteiger partial charge in [0.1, 0.15) is 0 Å². The third-order valence-corrected chi connectivity index (χ3v) is 4.23. The van der Waals surface area contributed by atoms with Crippen molar-refractivity contribution in [1.82, 2.24) is 4.90 Å². The summed E-state index contributed by atoms with van der Waals surface area (Å²) in [6.45, 7) is 1.92. The highest BCUT2D eigenvalue weighted by Crippen LogP contribution is 2.42. The van der Waals surface area contributed by atoms with Crippen LogP contribution in [0.3, 0.4) is 0 Å². The predicted octanol–water partition coefficient (Wildman–Crippen LogP) is 1.61. The van der Waals surface area contributed by atoms with Gasteiger partial charge in [-0.3, -0.25) is 0 Å². The minimum atomic E-state index is 0.215. The predicted molar refractivity (Wildman–Crippen MR) is 66.4 cm³/mol. The Morgan fingerprint density at radius 1 is 1.38 bits per heavy atom. The highest BCUT2D eigenvalue weighted by atomic mass is 16.5. The van der Waals surface area contributed by atoms with Crippen molar-refractivity contribution in [3.8, 4) is 0 Å². The first-order valence-electron chi connectivity index (χ1n) is 6.66. The van der Waals surface area contributed by atoms with Crippen LogP contribution in [0, 0.1) is 5.92 Å². The third kappa shape index (κ3) is 2.76. The fraction of sp³-hybridized carbons (Fsp3) is 1.00. The van der Waals surface area contributed by atoms with Crippen LogP contribution in [-0.4, -0.2) is 43.8 Å². The summed E-state index contributed by atoms with van der Waals surface area (Å²) in [6.07, 6.45) is 7.56. The Bertz CT molecular complexity index is 224. The van der Waals surface area contributed by atoms with E-state index in [9.17, 15) is 0 Å². The molecule has 1 aliphatic carbocycles. The number of nitrogens with two attached hydrogens (primary N) is 1. The molecule has 2 unspecified atom stereocenters. The van der Waals surface area contributed by atoms with E-state index in [0.29, 0.717) is 12.0 Å². The molecule has 2 atom stereocenters. The smallest absolute Gasteiger partial charge is 0.0685 e. The molecule has 1 heterocycles. The molecule has 2 fully saturated rings. The van der Waals surface area contributed by atoms with Crippen molar-refractivity contribution in [3.05, 3.63) is 0 Å². The number of ether oxygens (including phenoxy) is 1. The van der Waals surface area contributed by atoms with Crippen molar-refractivity contribution in [2.24, 2.45) is 11.7 Å². The Morgan fingerprint density at radius 3 is 2.69 bits per heavy atom. The second kappa shape index (κ2) is 5.03. The first-order valence-corrected chi connectivity index (χ1v) is 6.66. The Labute approximate surface area is 99.3 Å². The van der Waals surface area contributed by atoms with Crippen molar-refractivity contribution >= 4 is 0 Å². The van der Waals surface area contributed by atoms with Gasteiger partial charge in [0.2, 0.25) is 0 Å². The quantitative estimate of drug-likeness (QED) is 0.794. The van der Waals surface area contributed by atoms with Crippen molar-refractivity contribution < 1.29 is 4.74 Å². The molecule has 1 saturated heterocycles. The molecule has 0 radical (unpaired) electrons. The fourth-order valence-electron chi connectivity index (χ4n) is 3.37. The largest absolute Gasteiger partial charge is 0.375 e. The minimum absolute atomic E-state index is 0.215. The average Bonchev–Trinajstić information content (AvgIpc) is 2.65. The molecule has 0 bridgehead atoms. The first-order chi connectivity index (χ1) is 7.61. The van der Waals surface area contributed by atoms with Gasteiger partial charge >= 0.3 is 0 Å². The SMILES string of the molecule is CN(C)CC(N)C1CCOC2(CCCC2)C1. The molecule has 1 aliphatic heterocycles. The van der Waals surface area contributed by atoms with E-state index < -0.39 is 0 Å². The zero-order valence-electron chi connectivity index (χ0n) is 10.7. The second-order valence-corrected chi connectivity index (χ2v) is 5.92. The van der Waals surface area contributed by atoms with Gasteiger partial charge in [-0.25, -0.2) is 0 Å². The molecule has 2 N–H and O–H groups in total. The molecule has 1 saturated carbocycles. The van der Waals surface area contributed by atoms with E-state index in [1.165, 1.54) is 32.1 Å². The van der Waals surface area contributed by atoms with Crippen LogP contribution in [0.1, 0.15) is 38.5 Å². The highest BCUT2D eigenvalue weighted by molar-refractivity contribution is 4.93. The Kier molecular flexibility index (Phi) is 3.88. The van der Waals surface area contributed by atoms with Gasteiger partial charge in [0.25, 0.3) is 0 Å². The molecule has 2 aliphatic rings. The number of nitrogens with zero attached hydrogens (tertiary/aromatic N) is 1. The molecule has 0 aromatic rings. The van der Waals surface area contributed by atoms with E-state index in [0.717, 1.165) is 19.6 Å². The van der Waals surface area contributed by atoms with Crippen molar-refractivity contribution in [1.29, 1.82) is 0 Å². The van der Waals surface area contributed by atoms with E-state index in [1.54, 1.807) is 0 Å². The lowest BCUT2D eigenvalue weighted by molar-refractivity contribution is -0.0968. The Balaban J connectivity index is 1.90. The first kappa shape index (κ1) is 12.3. The van der Waals surface area contributed by atoms with Gasteiger partial charge in [-0.1, -0.05) is 12.8 Å². The van der Waals surface area contributed by atoms with Gasteiger partial charge in [0, 0.05) is 19.2 Å². The molecule has 16 heavy (non-hydrogen) atoms. The molecular formula is C13H26N2O. The normalized spacial score (nSPS) is 31.1. The molecule has 1 spiro atoms. The summed E-state index contributed by atoms with van der Waals surface area (Å²) in [5, 5.41) is 0. The van der Waals surface area contributed by atoms with E-state index in [-0.39, 0.29) is 5.60 Å². The topological polar surface area (TPSA) is 38.5 Å². The van der Waals surface area contributed by atoms with Crippen LogP contribution >= 0.6 is 0 Å². The summed E-state index contributed by atoms with van der Waals surface area (Å²) in [7, 11) is 4.20. The van der Waals surface area contributed by atoms with E-state index in [2.05, 4.69) is 19.0 Å². The second-order valence-electron chi connectivity index (χ2n) is 5.92. The van der Waals surface area contributed by atoms with Crippen molar-refractivity contribution in [3.63, 3.8) is 0 Å². The van der Waals surface area contributed by atoms with Gasteiger partial charge < -0.3 is 15.4 Å². The van der Waals surface area contributed by atoms with Gasteiger partial charge in [-0.15, -0.1) is 0 Å². The van der Waals surface area contributed by atoms with Crippen LogP contribution < -0.4 is 5.73 Å². The number of rotatable bonds is 3. The summed E-state index contributed by atoms with van der Waals surface area (Å²) in [5.41, 5.74) is 6.52. The van der Waals surface area contributed by atoms with Gasteiger partial charge in [0.15, 0.2) is 0 Å². The maximum absolute atomic E-state index is 6.30. The van der Waals surface area contributed by atoms with Crippen LogP contribution in [0.25, 0.3) is 0 Å². The van der Waals surface area contributed by atoms with E-state index >= 15 is 0 Å². The summed E-state index contributed by atoms with van der Waals surface area (Å²) < 4.78 is 6.04. The molecule has 3 nitrogen and oxygen atoms in total. The summed E-state index contributed by atoms with van der Waals surface area (Å²) in [5.74, 6) is 0.661. The fourth-order valence-corrected chi connectivity index (χ4v) is 3.37. The van der Waals surface area contributed by atoms with E-state index in [4.69, 9.17) is 10.5 Å².